The molecule has 0 saturated heterocycles. The fourth-order valence-corrected chi connectivity index (χ4v) is 2.69. The maximum Gasteiger partial charge on any atom is 0.224 e. The van der Waals surface area contributed by atoms with E-state index in [0.717, 1.165) is 18.1 Å². The molecule has 0 fully saturated rings. The lowest BCUT2D eigenvalue weighted by molar-refractivity contribution is -0.116. The van der Waals surface area contributed by atoms with Crippen LogP contribution in [0.1, 0.15) is 18.4 Å². The number of hydrogen-bond acceptors (Lipinski definition) is 2. The van der Waals surface area contributed by atoms with Gasteiger partial charge in [0.15, 0.2) is 0 Å². The normalized spacial score (nSPS) is 10.5. The number of carbonyl (C=O) groups is 1. The van der Waals surface area contributed by atoms with Crippen LogP contribution in [0.15, 0.2) is 67.0 Å². The molecule has 132 valence electrons. The number of hydrogen-bond donors (Lipinski definition) is 1. The van der Waals surface area contributed by atoms with Gasteiger partial charge in [0.1, 0.15) is 11.6 Å². The third kappa shape index (κ3) is 4.72. The fourth-order valence-electron chi connectivity index (χ4n) is 2.69. The van der Waals surface area contributed by atoms with Gasteiger partial charge in [-0.05, 0) is 48.2 Å². The quantitative estimate of drug-likeness (QED) is 0.679. The molecule has 0 aliphatic carbocycles. The van der Waals surface area contributed by atoms with Gasteiger partial charge in [-0.1, -0.05) is 24.3 Å². The van der Waals surface area contributed by atoms with Crippen LogP contribution >= 0.6 is 0 Å². The first kappa shape index (κ1) is 17.7. The second-order valence-corrected chi connectivity index (χ2v) is 5.96. The number of anilines is 1. The van der Waals surface area contributed by atoms with E-state index in [-0.39, 0.29) is 5.91 Å². The maximum absolute atomic E-state index is 13.8. The van der Waals surface area contributed by atoms with Crippen LogP contribution in [-0.2, 0) is 11.2 Å². The first-order valence-electron chi connectivity index (χ1n) is 8.36. The number of aromatic nitrogens is 1. The summed E-state index contributed by atoms with van der Waals surface area (Å²) >= 11 is 0. The highest BCUT2D eigenvalue weighted by Gasteiger charge is 2.07. The third-order valence-electron chi connectivity index (χ3n) is 4.01. The number of nitrogens with zero attached hydrogens (tertiary/aromatic N) is 1. The summed E-state index contributed by atoms with van der Waals surface area (Å²) in [5.74, 6) is -1.22. The summed E-state index contributed by atoms with van der Waals surface area (Å²) in [6, 6.07) is 14.5. The van der Waals surface area contributed by atoms with Gasteiger partial charge in [0.05, 0.1) is 11.9 Å². The lowest BCUT2D eigenvalue weighted by atomic mass is 10.0. The molecule has 1 heterocycles. The summed E-state index contributed by atoms with van der Waals surface area (Å²) in [5.41, 5.74) is 2.81. The van der Waals surface area contributed by atoms with Crippen LogP contribution in [-0.4, -0.2) is 10.9 Å². The highest BCUT2D eigenvalue weighted by Crippen LogP contribution is 2.24. The van der Waals surface area contributed by atoms with Crippen LogP contribution in [0.4, 0.5) is 14.5 Å². The Morgan fingerprint density at radius 2 is 1.85 bits per heavy atom. The Morgan fingerprint density at radius 1 is 1.04 bits per heavy atom. The van der Waals surface area contributed by atoms with Crippen molar-refractivity contribution in [2.24, 2.45) is 0 Å². The van der Waals surface area contributed by atoms with Crippen LogP contribution in [0.25, 0.3) is 11.1 Å². The standard InChI is InChI=1S/C21H18F2N2O/c22-17-10-11-19(20(23)13-17)16-8-6-15(7-9-16)3-1-5-21(26)25-18-4-2-12-24-14-18/h2,4,6-14H,1,3,5H2,(H,25,26). The molecule has 1 amide bonds. The number of carbonyl (C=O) groups excluding carboxylic acids is 1. The van der Waals surface area contributed by atoms with E-state index in [1.54, 1.807) is 36.7 Å². The molecule has 0 saturated carbocycles. The van der Waals surface area contributed by atoms with Crippen molar-refractivity contribution in [1.29, 1.82) is 0 Å². The average Bonchev–Trinajstić information content (AvgIpc) is 2.63. The monoisotopic (exact) mass is 352 g/mol. The minimum atomic E-state index is -0.590. The summed E-state index contributed by atoms with van der Waals surface area (Å²) in [5, 5.41) is 2.80. The Kier molecular flexibility index (Phi) is 5.69. The molecule has 1 aromatic heterocycles. The molecule has 26 heavy (non-hydrogen) atoms. The van der Waals surface area contributed by atoms with E-state index in [9.17, 15) is 13.6 Å². The molecule has 0 bridgehead atoms. The first-order chi connectivity index (χ1) is 12.6. The van der Waals surface area contributed by atoms with Crippen molar-refractivity contribution < 1.29 is 13.6 Å². The van der Waals surface area contributed by atoms with Crippen molar-refractivity contribution in [3.05, 3.63) is 84.2 Å². The SMILES string of the molecule is O=C(CCCc1ccc(-c2ccc(F)cc2F)cc1)Nc1cccnc1. The first-order valence-corrected chi connectivity index (χ1v) is 8.36. The Labute approximate surface area is 150 Å². The summed E-state index contributed by atoms with van der Waals surface area (Å²) in [6.45, 7) is 0. The van der Waals surface area contributed by atoms with E-state index in [1.807, 2.05) is 12.1 Å². The molecule has 3 nitrogen and oxygen atoms in total. The molecule has 0 unspecified atom stereocenters. The lowest BCUT2D eigenvalue weighted by Crippen LogP contribution is -2.11. The van der Waals surface area contributed by atoms with Gasteiger partial charge in [-0.2, -0.15) is 0 Å². The highest BCUT2D eigenvalue weighted by molar-refractivity contribution is 5.90. The molecule has 0 aliphatic rings. The number of halogens is 2. The van der Waals surface area contributed by atoms with Gasteiger partial charge < -0.3 is 5.32 Å². The number of rotatable bonds is 6. The Balaban J connectivity index is 1.52. The molecule has 5 heteroatoms. The number of amides is 1. The average molecular weight is 352 g/mol. The molecule has 0 atom stereocenters. The zero-order chi connectivity index (χ0) is 18.4. The second kappa shape index (κ2) is 8.34. The van der Waals surface area contributed by atoms with Gasteiger partial charge in [-0.25, -0.2) is 8.78 Å². The van der Waals surface area contributed by atoms with E-state index >= 15 is 0 Å². The van der Waals surface area contributed by atoms with Crippen LogP contribution in [0.5, 0.6) is 0 Å². The van der Waals surface area contributed by atoms with Crippen molar-refractivity contribution in [3.8, 4) is 11.1 Å². The minimum absolute atomic E-state index is 0.0528. The molecule has 0 spiro atoms. The molecule has 3 aromatic rings. The van der Waals surface area contributed by atoms with Crippen LogP contribution in [0, 0.1) is 11.6 Å². The predicted octanol–water partition coefficient (Wildman–Crippen LogP) is 4.99. The number of nitrogens with one attached hydrogen (secondary N) is 1. The smallest absolute Gasteiger partial charge is 0.224 e. The van der Waals surface area contributed by atoms with Crippen molar-refractivity contribution >= 4 is 11.6 Å². The van der Waals surface area contributed by atoms with Crippen LogP contribution in [0.3, 0.4) is 0 Å². The van der Waals surface area contributed by atoms with Crippen LogP contribution < -0.4 is 5.32 Å². The third-order valence-corrected chi connectivity index (χ3v) is 4.01. The molecule has 0 aliphatic heterocycles. The molecule has 1 N–H and O–H groups in total. The van der Waals surface area contributed by atoms with Gasteiger partial charge in [0.25, 0.3) is 0 Å². The molecule has 0 radical (unpaired) electrons. The van der Waals surface area contributed by atoms with E-state index in [0.29, 0.717) is 29.7 Å². The number of pyridine rings is 1. The van der Waals surface area contributed by atoms with Crippen molar-refractivity contribution in [1.82, 2.24) is 4.98 Å². The van der Waals surface area contributed by atoms with Crippen molar-refractivity contribution in [2.75, 3.05) is 5.32 Å². The molecular formula is C21H18F2N2O. The van der Waals surface area contributed by atoms with Crippen LogP contribution in [0.2, 0.25) is 0 Å². The molecule has 2 aromatic carbocycles. The van der Waals surface area contributed by atoms with Gasteiger partial charge in [0, 0.05) is 24.2 Å². The summed E-state index contributed by atoms with van der Waals surface area (Å²) in [4.78, 5) is 15.8. The minimum Gasteiger partial charge on any atom is -0.325 e. The Bertz CT molecular complexity index is 880. The van der Waals surface area contributed by atoms with E-state index < -0.39 is 11.6 Å². The molecule has 3 rings (SSSR count). The zero-order valence-electron chi connectivity index (χ0n) is 14.1. The van der Waals surface area contributed by atoms with Gasteiger partial charge in [-0.15, -0.1) is 0 Å². The summed E-state index contributed by atoms with van der Waals surface area (Å²) in [7, 11) is 0. The van der Waals surface area contributed by atoms with E-state index in [4.69, 9.17) is 0 Å². The fraction of sp³-hybridized carbons (Fsp3) is 0.143. The number of aryl methyl sites for hydroxylation is 1. The Hall–Kier alpha value is -3.08. The van der Waals surface area contributed by atoms with Gasteiger partial charge in [-0.3, -0.25) is 9.78 Å². The maximum atomic E-state index is 13.8. The Morgan fingerprint density at radius 3 is 2.54 bits per heavy atom. The van der Waals surface area contributed by atoms with Crippen molar-refractivity contribution in [3.63, 3.8) is 0 Å². The topological polar surface area (TPSA) is 42.0 Å². The van der Waals surface area contributed by atoms with Crippen molar-refractivity contribution in [2.45, 2.75) is 19.3 Å². The van der Waals surface area contributed by atoms with Gasteiger partial charge >= 0.3 is 0 Å². The van der Waals surface area contributed by atoms with E-state index in [1.165, 1.54) is 12.1 Å². The molecular weight excluding hydrogens is 334 g/mol. The summed E-state index contributed by atoms with van der Waals surface area (Å²) in [6.07, 6.45) is 5.11. The van der Waals surface area contributed by atoms with E-state index in [2.05, 4.69) is 10.3 Å². The largest absolute Gasteiger partial charge is 0.325 e. The number of benzene rings is 2. The van der Waals surface area contributed by atoms with Gasteiger partial charge in [0.2, 0.25) is 5.91 Å². The summed E-state index contributed by atoms with van der Waals surface area (Å²) < 4.78 is 26.8. The highest BCUT2D eigenvalue weighted by atomic mass is 19.1. The lowest BCUT2D eigenvalue weighted by Gasteiger charge is -2.07. The predicted molar refractivity (Wildman–Crippen MR) is 97.6 cm³/mol. The second-order valence-electron chi connectivity index (χ2n) is 5.96. The zero-order valence-corrected chi connectivity index (χ0v) is 14.1.